The molecular weight excluding hydrogens is 372 g/mol. The molecule has 0 nitrogen and oxygen atoms in total. The van der Waals surface area contributed by atoms with Crippen molar-refractivity contribution in [1.82, 2.24) is 0 Å². The maximum atomic E-state index is 2.40. The van der Waals surface area contributed by atoms with Crippen LogP contribution in [0.3, 0.4) is 0 Å². The molecule has 0 atom stereocenters. The monoisotopic (exact) mass is 416 g/mol. The largest absolute Gasteiger partial charge is 0.0654 e. The van der Waals surface area contributed by atoms with Crippen molar-refractivity contribution in [1.29, 1.82) is 0 Å². The predicted octanol–water partition coefficient (Wildman–Crippen LogP) is 9.58. The van der Waals surface area contributed by atoms with Crippen LogP contribution in [-0.4, -0.2) is 0 Å². The maximum Gasteiger partial charge on any atom is -0.0162 e. The van der Waals surface area contributed by atoms with Crippen LogP contribution in [0.5, 0.6) is 0 Å². The van der Waals surface area contributed by atoms with E-state index in [0.717, 1.165) is 23.7 Å². The van der Waals surface area contributed by atoms with Crippen LogP contribution in [-0.2, 0) is 6.42 Å². The SMILES string of the molecule is CCCC1CCC(CCc2ccc(-c3ccc(C4CCC(CC)CC4)cc3)cc2)CC1. The van der Waals surface area contributed by atoms with E-state index in [-0.39, 0.29) is 0 Å². The lowest BCUT2D eigenvalue weighted by atomic mass is 9.77. The first-order valence-electron chi connectivity index (χ1n) is 13.4. The van der Waals surface area contributed by atoms with Crippen molar-refractivity contribution in [3.8, 4) is 11.1 Å². The van der Waals surface area contributed by atoms with Crippen LogP contribution in [0.15, 0.2) is 48.5 Å². The lowest BCUT2D eigenvalue weighted by Gasteiger charge is -2.28. The quantitative estimate of drug-likeness (QED) is 0.402. The third kappa shape index (κ3) is 6.24. The smallest absolute Gasteiger partial charge is 0.0162 e. The molecule has 0 spiro atoms. The minimum atomic E-state index is 0.788. The molecule has 0 radical (unpaired) electrons. The standard InChI is InChI=1S/C31H44/c1-3-5-25-6-8-26(9-7-25)10-11-27-14-18-29(19-15-27)31-22-20-30(21-23-31)28-16-12-24(4-2)13-17-28/h14-15,18-26,28H,3-13,16-17H2,1-2H3. The van der Waals surface area contributed by atoms with Crippen molar-refractivity contribution in [3.63, 3.8) is 0 Å². The van der Waals surface area contributed by atoms with E-state index in [2.05, 4.69) is 62.4 Å². The maximum absolute atomic E-state index is 2.40. The normalized spacial score (nSPS) is 26.6. The van der Waals surface area contributed by atoms with Crippen LogP contribution in [0.2, 0.25) is 0 Å². The van der Waals surface area contributed by atoms with Crippen molar-refractivity contribution >= 4 is 0 Å². The van der Waals surface area contributed by atoms with Gasteiger partial charge >= 0.3 is 0 Å². The molecule has 0 bridgehead atoms. The first kappa shape index (κ1) is 22.6. The first-order valence-corrected chi connectivity index (χ1v) is 13.4. The number of benzene rings is 2. The van der Waals surface area contributed by atoms with Crippen LogP contribution in [0.4, 0.5) is 0 Å². The van der Waals surface area contributed by atoms with Crippen LogP contribution < -0.4 is 0 Å². The topological polar surface area (TPSA) is 0 Å². The number of hydrogen-bond donors (Lipinski definition) is 0. The van der Waals surface area contributed by atoms with Gasteiger partial charge in [0.1, 0.15) is 0 Å². The highest BCUT2D eigenvalue weighted by molar-refractivity contribution is 5.64. The highest BCUT2D eigenvalue weighted by atomic mass is 14.3. The molecule has 168 valence electrons. The van der Waals surface area contributed by atoms with Gasteiger partial charge in [0.2, 0.25) is 0 Å². The second-order valence-corrected chi connectivity index (χ2v) is 10.7. The minimum Gasteiger partial charge on any atom is -0.0654 e. The van der Waals surface area contributed by atoms with Gasteiger partial charge in [-0.15, -0.1) is 0 Å². The average molecular weight is 417 g/mol. The fourth-order valence-corrected chi connectivity index (χ4v) is 6.30. The fourth-order valence-electron chi connectivity index (χ4n) is 6.30. The number of hydrogen-bond acceptors (Lipinski definition) is 0. The van der Waals surface area contributed by atoms with Gasteiger partial charge in [0.05, 0.1) is 0 Å². The molecule has 0 amide bonds. The molecule has 0 heteroatoms. The summed E-state index contributed by atoms with van der Waals surface area (Å²) >= 11 is 0. The summed E-state index contributed by atoms with van der Waals surface area (Å²) in [5.74, 6) is 3.76. The molecule has 2 aromatic rings. The zero-order chi connectivity index (χ0) is 21.5. The Morgan fingerprint density at radius 3 is 1.65 bits per heavy atom. The van der Waals surface area contributed by atoms with Gasteiger partial charge in [0, 0.05) is 0 Å². The average Bonchev–Trinajstić information content (AvgIpc) is 2.84. The van der Waals surface area contributed by atoms with Crippen LogP contribution in [0.25, 0.3) is 11.1 Å². The molecule has 2 aromatic carbocycles. The van der Waals surface area contributed by atoms with Crippen LogP contribution in [0.1, 0.15) is 108 Å². The Bertz CT molecular complexity index is 753. The van der Waals surface area contributed by atoms with Gasteiger partial charge in [0.25, 0.3) is 0 Å². The lowest BCUT2D eigenvalue weighted by Crippen LogP contribution is -2.15. The fraction of sp³-hybridized carbons (Fsp3) is 0.613. The minimum absolute atomic E-state index is 0.788. The van der Waals surface area contributed by atoms with Crippen LogP contribution in [0, 0.1) is 17.8 Å². The van der Waals surface area contributed by atoms with Gasteiger partial charge in [-0.2, -0.15) is 0 Å². The van der Waals surface area contributed by atoms with Crippen molar-refractivity contribution in [2.24, 2.45) is 17.8 Å². The van der Waals surface area contributed by atoms with Gasteiger partial charge in [0.15, 0.2) is 0 Å². The van der Waals surface area contributed by atoms with Gasteiger partial charge < -0.3 is 0 Å². The Morgan fingerprint density at radius 1 is 0.581 bits per heavy atom. The molecule has 4 rings (SSSR count). The zero-order valence-corrected chi connectivity index (χ0v) is 20.1. The molecule has 0 aliphatic heterocycles. The van der Waals surface area contributed by atoms with Crippen molar-refractivity contribution in [2.75, 3.05) is 0 Å². The van der Waals surface area contributed by atoms with Crippen LogP contribution >= 0.6 is 0 Å². The Hall–Kier alpha value is -1.56. The Kier molecular flexibility index (Phi) is 8.28. The second-order valence-electron chi connectivity index (χ2n) is 10.7. The summed E-state index contributed by atoms with van der Waals surface area (Å²) in [6.45, 7) is 4.69. The van der Waals surface area contributed by atoms with E-state index in [1.54, 1.807) is 5.56 Å². The molecule has 0 N–H and O–H groups in total. The van der Waals surface area contributed by atoms with E-state index in [0.29, 0.717) is 0 Å². The van der Waals surface area contributed by atoms with E-state index in [9.17, 15) is 0 Å². The third-order valence-electron chi connectivity index (χ3n) is 8.60. The molecule has 2 saturated carbocycles. The van der Waals surface area contributed by atoms with Gasteiger partial charge in [-0.05, 0) is 84.5 Å². The Labute approximate surface area is 191 Å². The second kappa shape index (κ2) is 11.3. The predicted molar refractivity (Wildman–Crippen MR) is 136 cm³/mol. The van der Waals surface area contributed by atoms with E-state index in [1.807, 2.05) is 0 Å². The molecule has 2 aliphatic carbocycles. The molecule has 0 saturated heterocycles. The van der Waals surface area contributed by atoms with Gasteiger partial charge in [-0.25, -0.2) is 0 Å². The molecule has 0 unspecified atom stereocenters. The summed E-state index contributed by atoms with van der Waals surface area (Å²) in [6, 6.07) is 18.9. The summed E-state index contributed by atoms with van der Waals surface area (Å²) in [7, 11) is 0. The summed E-state index contributed by atoms with van der Waals surface area (Å²) in [5.41, 5.74) is 5.81. The Balaban J connectivity index is 1.26. The van der Waals surface area contributed by atoms with E-state index in [4.69, 9.17) is 0 Å². The molecule has 0 aromatic heterocycles. The summed E-state index contributed by atoms with van der Waals surface area (Å²) in [5, 5.41) is 0. The zero-order valence-electron chi connectivity index (χ0n) is 20.1. The lowest BCUT2D eigenvalue weighted by molar-refractivity contribution is 0.252. The molecule has 0 heterocycles. The first-order chi connectivity index (χ1) is 15.2. The molecular formula is C31H44. The van der Waals surface area contributed by atoms with Gasteiger partial charge in [-0.3, -0.25) is 0 Å². The van der Waals surface area contributed by atoms with Gasteiger partial charge in [-0.1, -0.05) is 107 Å². The highest BCUT2D eigenvalue weighted by Gasteiger charge is 2.21. The summed E-state index contributed by atoms with van der Waals surface area (Å²) in [6.07, 6.45) is 18.3. The molecule has 2 fully saturated rings. The van der Waals surface area contributed by atoms with Crippen molar-refractivity contribution < 1.29 is 0 Å². The highest BCUT2D eigenvalue weighted by Crippen LogP contribution is 2.37. The van der Waals surface area contributed by atoms with E-state index in [1.165, 1.54) is 100 Å². The van der Waals surface area contributed by atoms with E-state index >= 15 is 0 Å². The Morgan fingerprint density at radius 2 is 1.10 bits per heavy atom. The van der Waals surface area contributed by atoms with Crippen molar-refractivity contribution in [2.45, 2.75) is 103 Å². The molecule has 31 heavy (non-hydrogen) atoms. The number of aryl methyl sites for hydroxylation is 1. The van der Waals surface area contributed by atoms with Crippen molar-refractivity contribution in [3.05, 3.63) is 59.7 Å². The molecule has 2 aliphatic rings. The third-order valence-corrected chi connectivity index (χ3v) is 8.60. The summed E-state index contributed by atoms with van der Waals surface area (Å²) in [4.78, 5) is 0. The summed E-state index contributed by atoms with van der Waals surface area (Å²) < 4.78 is 0. The van der Waals surface area contributed by atoms with E-state index < -0.39 is 0 Å². The number of rotatable bonds is 8.